The van der Waals surface area contributed by atoms with E-state index in [1.807, 2.05) is 0 Å². The number of phenols is 2. The molecule has 4 aromatic rings. The summed E-state index contributed by atoms with van der Waals surface area (Å²) in [6.45, 7) is 14.7. The topological polar surface area (TPSA) is 450 Å². The van der Waals surface area contributed by atoms with Crippen molar-refractivity contribution in [2.75, 3.05) is 107 Å². The average molecular weight is 1360 g/mol. The monoisotopic (exact) mass is 1360 g/mol. The van der Waals surface area contributed by atoms with E-state index in [1.54, 1.807) is 24.3 Å². The van der Waals surface area contributed by atoms with E-state index in [2.05, 4.69) is 69.1 Å². The maximum absolute atomic E-state index is 12.3. The Hall–Kier alpha value is -6.44. The van der Waals surface area contributed by atoms with Crippen LogP contribution in [0.1, 0.15) is 166 Å². The van der Waals surface area contributed by atoms with Crippen molar-refractivity contribution in [3.05, 3.63) is 80.3 Å². The van der Waals surface area contributed by atoms with Crippen molar-refractivity contribution >= 4 is 89.9 Å². The molecule has 92 heavy (non-hydrogen) atoms. The van der Waals surface area contributed by atoms with E-state index in [1.165, 1.54) is 37.8 Å². The maximum atomic E-state index is 12.3. The maximum Gasteiger partial charge on any atom is 0.280 e. The fourth-order valence-corrected chi connectivity index (χ4v) is 12.9. The molecule has 0 spiro atoms. The summed E-state index contributed by atoms with van der Waals surface area (Å²) in [4.78, 5) is 55.7. The minimum atomic E-state index is -3.29. The van der Waals surface area contributed by atoms with Crippen LogP contribution in [0.25, 0.3) is 0 Å². The molecule has 2 saturated heterocycles. The number of nitrogens with one attached hydrogen (secondary N) is 2. The number of carbonyl (C=O) groups excluding carboxylic acids is 2. The van der Waals surface area contributed by atoms with E-state index < -0.39 is 43.7 Å². The number of hydrogen-bond acceptors (Lipinski definition) is 23. The highest BCUT2D eigenvalue weighted by atomic mass is 35.5. The SMILES string of the molecule is C[C@H](CCCC1CCN(CCCCN=C(N)NC(=O)c2nc(Cl)c(N)nc2N)CC1)CC[C@H](O)c1ccc(O)c(CS(C)(=O)=O)c1.C[C@H](CCCN1CCN(CCCCN=C(N)NC(=O)c2nc(Cl)c(N)nc2N)CC1)CC[C@H](O)c1ccc(O)c(CS(C)(=O)=O)c1. The van der Waals surface area contributed by atoms with Crippen LogP contribution in [0, 0.1) is 17.8 Å². The fraction of sp³-hybridized carbons (Fsp3) is 0.607. The molecular weight excluding hydrogens is 1270 g/mol. The normalized spacial score (nSPS) is 16.3. The number of nitrogens with two attached hydrogens (primary N) is 6. The smallest absolute Gasteiger partial charge is 0.280 e. The second-order valence-corrected chi connectivity index (χ2v) is 29.5. The second-order valence-electron chi connectivity index (χ2n) is 24.5. The Balaban J connectivity index is 0.000000334. The summed E-state index contributed by atoms with van der Waals surface area (Å²) < 4.78 is 46.5. The number of aliphatic hydroxyl groups excluding tert-OH is 2. The van der Waals surface area contributed by atoms with Crippen molar-refractivity contribution in [1.29, 1.82) is 0 Å². The highest BCUT2D eigenvalue weighted by Gasteiger charge is 2.23. The number of halogens is 2. The van der Waals surface area contributed by atoms with Crippen LogP contribution in [0.2, 0.25) is 10.3 Å². The van der Waals surface area contributed by atoms with Crippen LogP contribution in [0.3, 0.4) is 0 Å². The first kappa shape index (κ1) is 76.3. The number of carbonyl (C=O) groups is 2. The van der Waals surface area contributed by atoms with Crippen LogP contribution >= 0.6 is 23.2 Å². The lowest BCUT2D eigenvalue weighted by Crippen LogP contribution is -2.46. The average Bonchev–Trinajstić information content (AvgIpc) is 1.38. The van der Waals surface area contributed by atoms with E-state index in [9.17, 15) is 46.9 Å². The van der Waals surface area contributed by atoms with Gasteiger partial charge in [0, 0.05) is 62.9 Å². The molecule has 0 unspecified atom stereocenters. The standard InChI is InChI=1S/C31H49ClN8O5S.C30H48ClN9O5S/c1-20(8-10-24(41)22-9-11-25(42)23(18-22)19-46(2,44)45)6-5-7-21-12-16-40(17-13-21)15-4-3-14-36-31(35)39-30(43)26-28(33)38-29(34)27(32)37-26;1-20(7-9-23(41)21-8-10-24(42)22(18-21)19-46(2,44)45)6-5-13-40-16-14-39(15-17-40)12-4-3-11-35-30(34)38-29(43)25-27(32)37-28(33)26(31)36-25/h9,11,18,20-21,24,41-42H,3-8,10,12-17,19H2,1-2H3,(H4,33,34,38)(H3,35,36,39,43);8,10,18,20,23,41-42H,3-7,9,11-17,19H2,1-2H3,(H4,32,33,37)(H3,34,35,38,43)/t20-,24+;20-,23+/m11/s1. The van der Waals surface area contributed by atoms with Crippen LogP contribution in [0.15, 0.2) is 46.4 Å². The van der Waals surface area contributed by atoms with Gasteiger partial charge < -0.3 is 69.5 Å². The number of unbranched alkanes of at least 4 members (excludes halogenated alkanes) is 2. The Kier molecular flexibility index (Phi) is 31.0. The second kappa shape index (κ2) is 37.5. The molecule has 2 aromatic carbocycles. The number of hydrogen-bond donors (Lipinski definition) is 12. The number of guanidine groups is 2. The molecule has 0 saturated carbocycles. The predicted molar refractivity (Wildman–Crippen MR) is 363 cm³/mol. The van der Waals surface area contributed by atoms with Gasteiger partial charge >= 0.3 is 0 Å². The van der Waals surface area contributed by atoms with Gasteiger partial charge in [-0.1, -0.05) is 68.4 Å². The molecule has 0 bridgehead atoms. The first-order valence-electron chi connectivity index (χ1n) is 31.3. The highest BCUT2D eigenvalue weighted by molar-refractivity contribution is 7.90. The predicted octanol–water partition coefficient (Wildman–Crippen LogP) is 5.32. The first-order valence-corrected chi connectivity index (χ1v) is 36.2. The number of aliphatic imine (C=N–C) groups is 2. The molecular formula is C61H97Cl2N17O10S2. The van der Waals surface area contributed by atoms with E-state index >= 15 is 0 Å². The van der Waals surface area contributed by atoms with Gasteiger partial charge in [-0.2, -0.15) is 0 Å². The van der Waals surface area contributed by atoms with Crippen LogP contribution in [0.4, 0.5) is 23.3 Å². The van der Waals surface area contributed by atoms with Crippen LogP contribution in [-0.4, -0.2) is 180 Å². The van der Waals surface area contributed by atoms with E-state index in [0.717, 1.165) is 135 Å². The number of rotatable bonds is 32. The van der Waals surface area contributed by atoms with Crippen molar-refractivity contribution < 1.29 is 46.9 Å². The van der Waals surface area contributed by atoms with Gasteiger partial charge in [-0.05, 0) is 163 Å². The fourth-order valence-electron chi connectivity index (χ4n) is 11.0. The zero-order valence-electron chi connectivity index (χ0n) is 53.4. The van der Waals surface area contributed by atoms with Crippen LogP contribution < -0.4 is 45.0 Å². The van der Waals surface area contributed by atoms with Gasteiger partial charge in [0.05, 0.1) is 23.7 Å². The number of aromatic nitrogens is 4. The summed E-state index contributed by atoms with van der Waals surface area (Å²) in [7, 11) is -6.58. The van der Waals surface area contributed by atoms with Gasteiger partial charge in [0.2, 0.25) is 0 Å². The van der Waals surface area contributed by atoms with Crippen molar-refractivity contribution in [1.82, 2.24) is 45.3 Å². The third kappa shape index (κ3) is 27.6. The molecule has 2 fully saturated rings. The number of nitrogens with zero attached hydrogens (tertiary/aromatic N) is 9. The summed E-state index contributed by atoms with van der Waals surface area (Å²) in [5.74, 6) is -0.751. The molecule has 2 amide bonds. The number of aromatic hydroxyl groups is 2. The Morgan fingerprint density at radius 1 is 0.565 bits per heavy atom. The molecule has 2 aliphatic heterocycles. The number of phenolic OH excluding ortho intramolecular Hbond substituents is 2. The molecule has 4 atom stereocenters. The van der Waals surface area contributed by atoms with Gasteiger partial charge in [-0.15, -0.1) is 0 Å². The number of amides is 2. The lowest BCUT2D eigenvalue weighted by Gasteiger charge is -2.34. The lowest BCUT2D eigenvalue weighted by molar-refractivity contribution is 0.0964. The molecule has 512 valence electrons. The molecule has 18 N–H and O–H groups in total. The van der Waals surface area contributed by atoms with Crippen molar-refractivity contribution in [2.45, 2.75) is 134 Å². The largest absolute Gasteiger partial charge is 0.508 e. The zero-order chi connectivity index (χ0) is 67.7. The lowest BCUT2D eigenvalue weighted by atomic mass is 9.88. The minimum absolute atomic E-state index is 0.0247. The number of piperazine rings is 1. The summed E-state index contributed by atoms with van der Waals surface area (Å²) in [5, 5.41) is 45.9. The Bertz CT molecular complexity index is 3120. The van der Waals surface area contributed by atoms with E-state index in [4.69, 9.17) is 57.6 Å². The minimum Gasteiger partial charge on any atom is -0.508 e. The number of aliphatic hydroxyl groups is 2. The van der Waals surface area contributed by atoms with Gasteiger partial charge in [-0.25, -0.2) is 36.8 Å². The van der Waals surface area contributed by atoms with Crippen LogP contribution in [-0.2, 0) is 31.2 Å². The van der Waals surface area contributed by atoms with Gasteiger partial charge in [0.1, 0.15) is 11.5 Å². The van der Waals surface area contributed by atoms with Crippen LogP contribution in [0.5, 0.6) is 11.5 Å². The van der Waals surface area contributed by atoms with Gasteiger partial charge in [-0.3, -0.25) is 30.2 Å². The highest BCUT2D eigenvalue weighted by Crippen LogP contribution is 2.31. The van der Waals surface area contributed by atoms with Gasteiger partial charge in [0.25, 0.3) is 11.8 Å². The number of anilines is 4. The molecule has 6 rings (SSSR count). The number of likely N-dealkylation sites (tertiary alicyclic amines) is 1. The van der Waals surface area contributed by atoms with E-state index in [-0.39, 0.29) is 79.9 Å². The summed E-state index contributed by atoms with van der Waals surface area (Å²) in [5.41, 5.74) is 35.7. The third-order valence-electron chi connectivity index (χ3n) is 16.4. The quantitative estimate of drug-likeness (QED) is 0.0167. The number of piperidine rings is 1. The molecule has 0 aliphatic carbocycles. The molecule has 31 heteroatoms. The zero-order valence-corrected chi connectivity index (χ0v) is 56.6. The molecule has 27 nitrogen and oxygen atoms in total. The molecule has 0 radical (unpaired) electrons. The van der Waals surface area contributed by atoms with E-state index in [0.29, 0.717) is 60.0 Å². The Labute approximate surface area is 551 Å². The Morgan fingerprint density at radius 3 is 1.35 bits per heavy atom. The van der Waals surface area contributed by atoms with Crippen molar-refractivity contribution in [2.24, 2.45) is 39.2 Å². The molecule has 4 heterocycles. The molecule has 2 aromatic heterocycles. The molecule has 2 aliphatic rings. The first-order chi connectivity index (χ1) is 43.4. The third-order valence-corrected chi connectivity index (χ3v) is 18.6. The Morgan fingerprint density at radius 2 is 0.946 bits per heavy atom. The van der Waals surface area contributed by atoms with Gasteiger partial charge in [0.15, 0.2) is 76.6 Å². The van der Waals surface area contributed by atoms with Crippen molar-refractivity contribution in [3.8, 4) is 11.5 Å². The van der Waals surface area contributed by atoms with Crippen molar-refractivity contribution in [3.63, 3.8) is 0 Å². The summed E-state index contributed by atoms with van der Waals surface area (Å²) >= 11 is 11.6. The number of sulfone groups is 2. The summed E-state index contributed by atoms with van der Waals surface area (Å²) in [6, 6.07) is 9.40. The number of nitrogen functional groups attached to an aromatic ring is 4. The number of benzene rings is 2. The summed E-state index contributed by atoms with van der Waals surface area (Å²) in [6.07, 6.45) is 15.4.